The Hall–Kier alpha value is -2.51. The van der Waals surface area contributed by atoms with Crippen molar-refractivity contribution in [2.24, 2.45) is 0 Å². The minimum absolute atomic E-state index is 0.0862. The van der Waals surface area contributed by atoms with Crippen LogP contribution in [-0.4, -0.2) is 37.9 Å². The molecule has 0 aliphatic heterocycles. The van der Waals surface area contributed by atoms with Crippen molar-refractivity contribution in [3.05, 3.63) is 47.0 Å². The van der Waals surface area contributed by atoms with Crippen molar-refractivity contribution in [3.63, 3.8) is 0 Å². The maximum absolute atomic E-state index is 10.9. The van der Waals surface area contributed by atoms with Crippen molar-refractivity contribution in [1.82, 2.24) is 9.97 Å². The van der Waals surface area contributed by atoms with E-state index in [0.717, 1.165) is 22.9 Å². The molecule has 3 aromatic rings. The molecule has 0 unspecified atom stereocenters. The van der Waals surface area contributed by atoms with Crippen LogP contribution in [0.3, 0.4) is 0 Å². The predicted octanol–water partition coefficient (Wildman–Crippen LogP) is 3.76. The molecule has 0 spiro atoms. The van der Waals surface area contributed by atoms with Crippen LogP contribution in [0.5, 0.6) is 0 Å². The van der Waals surface area contributed by atoms with E-state index in [0.29, 0.717) is 21.2 Å². The molecule has 0 saturated heterocycles. The zero-order valence-corrected chi connectivity index (χ0v) is 13.7. The Bertz CT molecular complexity index is 937. The first-order valence-electron chi connectivity index (χ1n) is 6.81. The van der Waals surface area contributed by atoms with E-state index in [-0.39, 0.29) is 11.3 Å². The highest BCUT2D eigenvalue weighted by Gasteiger charge is 2.11. The summed E-state index contributed by atoms with van der Waals surface area (Å²) in [4.78, 5) is 28.9. The Balaban J connectivity index is 1.97. The van der Waals surface area contributed by atoms with Crippen molar-refractivity contribution in [1.29, 1.82) is 0 Å². The van der Waals surface area contributed by atoms with Crippen LogP contribution < -0.4 is 0 Å². The van der Waals surface area contributed by atoms with Gasteiger partial charge in [-0.25, -0.2) is 9.78 Å². The van der Waals surface area contributed by atoms with Gasteiger partial charge in [0.05, 0.1) is 27.4 Å². The van der Waals surface area contributed by atoms with Crippen LogP contribution in [0.15, 0.2) is 41.6 Å². The van der Waals surface area contributed by atoms with Crippen LogP contribution in [-0.2, 0) is 4.79 Å². The summed E-state index contributed by atoms with van der Waals surface area (Å²) in [7, 11) is 0. The minimum Gasteiger partial charge on any atom is -0.481 e. The zero-order chi connectivity index (χ0) is 17.3. The van der Waals surface area contributed by atoms with E-state index in [1.807, 2.05) is 0 Å². The molecule has 6 nitrogen and oxygen atoms in total. The fraction of sp³-hybridized carbons (Fsp3) is 0.0625. The number of carboxylic acid groups (broad SMARTS) is 2. The predicted molar refractivity (Wildman–Crippen MR) is 91.9 cm³/mol. The number of aromatic nitrogens is 2. The summed E-state index contributed by atoms with van der Waals surface area (Å²) in [5, 5.41) is 18.7. The van der Waals surface area contributed by atoms with Crippen molar-refractivity contribution in [2.75, 3.05) is 5.75 Å². The highest BCUT2D eigenvalue weighted by Crippen LogP contribution is 2.32. The second kappa shape index (κ2) is 6.54. The number of aliphatic carboxylic acids is 1. The molecule has 2 aromatic carbocycles. The number of halogens is 1. The number of benzene rings is 2. The van der Waals surface area contributed by atoms with Gasteiger partial charge in [0.2, 0.25) is 0 Å². The molecule has 0 saturated carbocycles. The maximum Gasteiger partial charge on any atom is 0.335 e. The quantitative estimate of drug-likeness (QED) is 0.597. The van der Waals surface area contributed by atoms with Gasteiger partial charge >= 0.3 is 11.9 Å². The van der Waals surface area contributed by atoms with Gasteiger partial charge in [-0.1, -0.05) is 35.5 Å². The van der Waals surface area contributed by atoms with Gasteiger partial charge in [0.1, 0.15) is 0 Å². The van der Waals surface area contributed by atoms with Crippen LogP contribution in [0.2, 0.25) is 5.02 Å². The van der Waals surface area contributed by atoms with Gasteiger partial charge in [-0.3, -0.25) is 4.79 Å². The van der Waals surface area contributed by atoms with Crippen LogP contribution >= 0.6 is 23.4 Å². The Kier molecular flexibility index (Phi) is 4.46. The molecule has 1 heterocycles. The van der Waals surface area contributed by atoms with Crippen molar-refractivity contribution in [3.8, 4) is 11.1 Å². The number of thioether (sulfide) groups is 1. The number of nitrogens with zero attached hydrogens (tertiary/aromatic N) is 1. The molecule has 8 heteroatoms. The molecule has 0 bridgehead atoms. The molecule has 0 aliphatic rings. The molecule has 0 aliphatic carbocycles. The molecule has 3 rings (SSSR count). The third-order valence-electron chi connectivity index (χ3n) is 3.32. The first-order chi connectivity index (χ1) is 11.4. The van der Waals surface area contributed by atoms with Crippen molar-refractivity contribution < 1.29 is 19.8 Å². The number of nitrogens with one attached hydrogen (secondary N) is 1. The number of aromatic carboxylic acids is 1. The normalized spacial score (nSPS) is 10.9. The van der Waals surface area contributed by atoms with Crippen LogP contribution in [0.4, 0.5) is 0 Å². The van der Waals surface area contributed by atoms with E-state index < -0.39 is 11.9 Å². The minimum atomic E-state index is -0.990. The largest absolute Gasteiger partial charge is 0.481 e. The average molecular weight is 363 g/mol. The molecule has 0 atom stereocenters. The Morgan fingerprint density at radius 3 is 2.50 bits per heavy atom. The molecule has 0 amide bonds. The first kappa shape index (κ1) is 16.4. The topological polar surface area (TPSA) is 103 Å². The third kappa shape index (κ3) is 3.37. The Morgan fingerprint density at radius 2 is 1.88 bits per heavy atom. The van der Waals surface area contributed by atoms with Gasteiger partial charge in [-0.15, -0.1) is 0 Å². The molecule has 24 heavy (non-hydrogen) atoms. The maximum atomic E-state index is 10.9. The summed E-state index contributed by atoms with van der Waals surface area (Å²) in [6, 6.07) is 9.89. The highest BCUT2D eigenvalue weighted by molar-refractivity contribution is 7.99. The summed E-state index contributed by atoms with van der Waals surface area (Å²) in [6.45, 7) is 0. The molecular weight excluding hydrogens is 352 g/mol. The van der Waals surface area contributed by atoms with Gasteiger partial charge in [0.15, 0.2) is 5.16 Å². The van der Waals surface area contributed by atoms with Crippen LogP contribution in [0, 0.1) is 0 Å². The van der Waals surface area contributed by atoms with E-state index in [1.165, 1.54) is 12.1 Å². The summed E-state index contributed by atoms with van der Waals surface area (Å²) in [5.74, 6) is -2.00. The van der Waals surface area contributed by atoms with E-state index in [1.54, 1.807) is 24.3 Å². The molecule has 1 aromatic heterocycles. The van der Waals surface area contributed by atoms with Crippen LogP contribution in [0.25, 0.3) is 22.2 Å². The van der Waals surface area contributed by atoms with Gasteiger partial charge < -0.3 is 15.2 Å². The van der Waals surface area contributed by atoms with E-state index in [2.05, 4.69) is 9.97 Å². The number of H-pyrrole nitrogens is 1. The Labute approximate surface area is 145 Å². The van der Waals surface area contributed by atoms with Gasteiger partial charge in [-0.05, 0) is 29.8 Å². The number of carbonyl (C=O) groups is 2. The lowest BCUT2D eigenvalue weighted by molar-refractivity contribution is -0.133. The van der Waals surface area contributed by atoms with Gasteiger partial charge in [0.25, 0.3) is 0 Å². The monoisotopic (exact) mass is 362 g/mol. The number of fused-ring (bicyclic) bond motifs is 1. The average Bonchev–Trinajstić information content (AvgIpc) is 2.94. The summed E-state index contributed by atoms with van der Waals surface area (Å²) < 4.78 is 0. The number of imidazole rings is 1. The molecule has 0 radical (unpaired) electrons. The molecule has 3 N–H and O–H groups in total. The second-order valence-corrected chi connectivity index (χ2v) is 6.33. The van der Waals surface area contributed by atoms with E-state index >= 15 is 0 Å². The van der Waals surface area contributed by atoms with Gasteiger partial charge in [-0.2, -0.15) is 0 Å². The SMILES string of the molecule is O=C(O)CSc1nc2cc(-c3ccc(C(=O)O)cc3)c(Cl)cc2[nH]1. The number of hydrogen-bond acceptors (Lipinski definition) is 4. The number of carboxylic acids is 2. The summed E-state index contributed by atoms with van der Waals surface area (Å²) in [5.41, 5.74) is 3.06. The smallest absolute Gasteiger partial charge is 0.335 e. The fourth-order valence-corrected chi connectivity index (χ4v) is 3.10. The number of hydrogen-bond donors (Lipinski definition) is 3. The lowest BCUT2D eigenvalue weighted by atomic mass is 10.0. The Morgan fingerprint density at radius 1 is 1.17 bits per heavy atom. The summed E-state index contributed by atoms with van der Waals surface area (Å²) >= 11 is 7.40. The van der Waals surface area contributed by atoms with E-state index in [4.69, 9.17) is 21.8 Å². The lowest BCUT2D eigenvalue weighted by Gasteiger charge is -2.05. The van der Waals surface area contributed by atoms with Crippen molar-refractivity contribution in [2.45, 2.75) is 5.16 Å². The first-order valence-corrected chi connectivity index (χ1v) is 8.18. The van der Waals surface area contributed by atoms with Gasteiger partial charge in [0, 0.05) is 5.56 Å². The molecule has 0 fully saturated rings. The van der Waals surface area contributed by atoms with Crippen molar-refractivity contribution >= 4 is 46.3 Å². The number of aromatic amines is 1. The summed E-state index contributed by atoms with van der Waals surface area (Å²) in [6.07, 6.45) is 0. The highest BCUT2D eigenvalue weighted by atomic mass is 35.5. The lowest BCUT2D eigenvalue weighted by Crippen LogP contribution is -1.97. The van der Waals surface area contributed by atoms with Crippen LogP contribution in [0.1, 0.15) is 10.4 Å². The second-order valence-electron chi connectivity index (χ2n) is 4.96. The molecule has 122 valence electrons. The fourth-order valence-electron chi connectivity index (χ4n) is 2.22. The standard InChI is InChI=1S/C16H11ClN2O4S/c17-11-6-13-12(18-16(19-13)24-7-14(20)21)5-10(11)8-1-3-9(4-2-8)15(22)23/h1-6H,7H2,(H,18,19)(H,20,21)(H,22,23). The molecular formula is C16H11ClN2O4S. The van der Waals surface area contributed by atoms with E-state index in [9.17, 15) is 9.59 Å². The zero-order valence-electron chi connectivity index (χ0n) is 12.1. The number of rotatable bonds is 5. The third-order valence-corrected chi connectivity index (χ3v) is 4.49.